The first-order valence-corrected chi connectivity index (χ1v) is 7.82. The van der Waals surface area contributed by atoms with Gasteiger partial charge in [0, 0.05) is 17.9 Å². The van der Waals surface area contributed by atoms with Crippen LogP contribution in [0.3, 0.4) is 0 Å². The number of rotatable bonds is 4. The molecule has 3 rings (SSSR count). The molecule has 0 radical (unpaired) electrons. The Morgan fingerprint density at radius 3 is 2.80 bits per heavy atom. The molecule has 110 valence electrons. The van der Waals surface area contributed by atoms with E-state index in [4.69, 9.17) is 4.74 Å². The lowest BCUT2D eigenvalue weighted by Crippen LogP contribution is -2.63. The van der Waals surface area contributed by atoms with Gasteiger partial charge in [-0.1, -0.05) is 25.8 Å². The maximum Gasteiger partial charge on any atom is 0.165 e. The summed E-state index contributed by atoms with van der Waals surface area (Å²) in [6.07, 6.45) is 6.15. The predicted molar refractivity (Wildman–Crippen MR) is 78.5 cm³/mol. The van der Waals surface area contributed by atoms with Crippen LogP contribution in [0.1, 0.15) is 44.6 Å². The standard InChI is InChI=1S/C17H24FNO/c1-3-19-15-11-16(17(15)8-4-5-9-17)20-14-10-12(2)6-7-13(14)18/h6-7,10,15-16,19H,3-5,8-9,11H2,1-2H3. The molecule has 0 saturated heterocycles. The highest BCUT2D eigenvalue weighted by Gasteiger charge is 2.57. The van der Waals surface area contributed by atoms with Crippen LogP contribution in [0.25, 0.3) is 0 Å². The number of aryl methyl sites for hydroxylation is 1. The first-order chi connectivity index (χ1) is 9.65. The number of nitrogens with one attached hydrogen (secondary N) is 1. The lowest BCUT2D eigenvalue weighted by Gasteiger charge is -2.54. The quantitative estimate of drug-likeness (QED) is 0.903. The van der Waals surface area contributed by atoms with E-state index in [1.807, 2.05) is 13.0 Å². The minimum atomic E-state index is -0.240. The largest absolute Gasteiger partial charge is 0.487 e. The molecule has 1 aromatic carbocycles. The van der Waals surface area contributed by atoms with Crippen LogP contribution in [0, 0.1) is 18.2 Å². The summed E-state index contributed by atoms with van der Waals surface area (Å²) in [7, 11) is 0. The molecule has 20 heavy (non-hydrogen) atoms. The summed E-state index contributed by atoms with van der Waals surface area (Å²) in [6, 6.07) is 5.66. The second-order valence-electron chi connectivity index (χ2n) is 6.33. The highest BCUT2D eigenvalue weighted by atomic mass is 19.1. The van der Waals surface area contributed by atoms with Crippen LogP contribution in [0.2, 0.25) is 0 Å². The Morgan fingerprint density at radius 2 is 2.10 bits per heavy atom. The van der Waals surface area contributed by atoms with Crippen LogP contribution in [-0.4, -0.2) is 18.7 Å². The van der Waals surface area contributed by atoms with Gasteiger partial charge in [-0.2, -0.15) is 0 Å². The second kappa shape index (κ2) is 5.36. The number of halogens is 1. The Bertz CT molecular complexity index is 482. The molecule has 2 aliphatic carbocycles. The zero-order valence-electron chi connectivity index (χ0n) is 12.4. The van der Waals surface area contributed by atoms with Crippen molar-refractivity contribution in [3.8, 4) is 5.75 Å². The molecule has 2 aliphatic rings. The van der Waals surface area contributed by atoms with Crippen LogP contribution < -0.4 is 10.1 Å². The molecule has 2 saturated carbocycles. The van der Waals surface area contributed by atoms with E-state index < -0.39 is 0 Å². The Labute approximate surface area is 120 Å². The Hall–Kier alpha value is -1.09. The van der Waals surface area contributed by atoms with Crippen LogP contribution in [0.5, 0.6) is 5.75 Å². The SMILES string of the molecule is CCNC1CC(Oc2cc(C)ccc2F)C12CCCC2. The van der Waals surface area contributed by atoms with Gasteiger partial charge in [0.25, 0.3) is 0 Å². The molecule has 3 heteroatoms. The van der Waals surface area contributed by atoms with Crippen molar-refractivity contribution in [3.63, 3.8) is 0 Å². The third kappa shape index (κ3) is 2.22. The number of ether oxygens (including phenoxy) is 1. The Morgan fingerprint density at radius 1 is 1.35 bits per heavy atom. The molecule has 1 N–H and O–H groups in total. The number of hydrogen-bond acceptors (Lipinski definition) is 2. The van der Waals surface area contributed by atoms with Gasteiger partial charge < -0.3 is 10.1 Å². The summed E-state index contributed by atoms with van der Waals surface area (Å²) in [4.78, 5) is 0. The first kappa shape index (κ1) is 13.9. The summed E-state index contributed by atoms with van der Waals surface area (Å²) < 4.78 is 19.9. The van der Waals surface area contributed by atoms with Gasteiger partial charge in [-0.25, -0.2) is 4.39 Å². The van der Waals surface area contributed by atoms with Gasteiger partial charge in [-0.15, -0.1) is 0 Å². The second-order valence-corrected chi connectivity index (χ2v) is 6.33. The van der Waals surface area contributed by atoms with E-state index in [9.17, 15) is 4.39 Å². The van der Waals surface area contributed by atoms with Gasteiger partial charge >= 0.3 is 0 Å². The molecule has 0 bridgehead atoms. The fraction of sp³-hybridized carbons (Fsp3) is 0.647. The van der Waals surface area contributed by atoms with Crippen molar-refractivity contribution < 1.29 is 9.13 Å². The van der Waals surface area contributed by atoms with E-state index in [-0.39, 0.29) is 17.3 Å². The molecule has 0 aromatic heterocycles. The Balaban J connectivity index is 1.76. The molecule has 2 atom stereocenters. The van der Waals surface area contributed by atoms with Crippen LogP contribution in [0.4, 0.5) is 4.39 Å². The zero-order valence-corrected chi connectivity index (χ0v) is 12.4. The number of benzene rings is 1. The highest BCUT2D eigenvalue weighted by Crippen LogP contribution is 2.54. The predicted octanol–water partition coefficient (Wildman–Crippen LogP) is 3.82. The van der Waals surface area contributed by atoms with Crippen molar-refractivity contribution in [2.45, 2.75) is 58.1 Å². The third-order valence-electron chi connectivity index (χ3n) is 5.13. The summed E-state index contributed by atoms with van der Waals surface area (Å²) in [5, 5.41) is 3.58. The molecule has 0 aliphatic heterocycles. The van der Waals surface area contributed by atoms with Gasteiger partial charge in [0.1, 0.15) is 6.10 Å². The van der Waals surface area contributed by atoms with E-state index in [2.05, 4.69) is 12.2 Å². The van der Waals surface area contributed by atoms with Crippen molar-refractivity contribution in [3.05, 3.63) is 29.6 Å². The van der Waals surface area contributed by atoms with Gasteiger partial charge in [-0.3, -0.25) is 0 Å². The van der Waals surface area contributed by atoms with Crippen LogP contribution in [0.15, 0.2) is 18.2 Å². The van der Waals surface area contributed by atoms with Gasteiger partial charge in [-0.05, 0) is 44.0 Å². The topological polar surface area (TPSA) is 21.3 Å². The fourth-order valence-corrected chi connectivity index (χ4v) is 4.00. The minimum Gasteiger partial charge on any atom is -0.487 e. The van der Waals surface area contributed by atoms with Crippen LogP contribution in [-0.2, 0) is 0 Å². The molecule has 1 aromatic rings. The lowest BCUT2D eigenvalue weighted by atomic mass is 9.60. The number of hydrogen-bond donors (Lipinski definition) is 1. The van der Waals surface area contributed by atoms with Crippen molar-refractivity contribution in [2.24, 2.45) is 5.41 Å². The zero-order chi connectivity index (χ0) is 14.2. The molecule has 0 amide bonds. The first-order valence-electron chi connectivity index (χ1n) is 7.82. The average molecular weight is 277 g/mol. The molecule has 2 nitrogen and oxygen atoms in total. The summed E-state index contributed by atoms with van der Waals surface area (Å²) in [6.45, 7) is 5.12. The van der Waals surface area contributed by atoms with Crippen molar-refractivity contribution >= 4 is 0 Å². The van der Waals surface area contributed by atoms with Crippen molar-refractivity contribution in [1.82, 2.24) is 5.32 Å². The van der Waals surface area contributed by atoms with E-state index in [0.717, 1.165) is 18.5 Å². The summed E-state index contributed by atoms with van der Waals surface area (Å²) >= 11 is 0. The lowest BCUT2D eigenvalue weighted by molar-refractivity contribution is -0.0770. The van der Waals surface area contributed by atoms with Crippen LogP contribution >= 0.6 is 0 Å². The molecular weight excluding hydrogens is 253 g/mol. The monoisotopic (exact) mass is 277 g/mol. The van der Waals surface area contributed by atoms with Gasteiger partial charge in [0.05, 0.1) is 0 Å². The smallest absolute Gasteiger partial charge is 0.165 e. The highest BCUT2D eigenvalue weighted by molar-refractivity contribution is 5.30. The fourth-order valence-electron chi connectivity index (χ4n) is 4.00. The van der Waals surface area contributed by atoms with Crippen molar-refractivity contribution in [1.29, 1.82) is 0 Å². The average Bonchev–Trinajstić information content (AvgIpc) is 2.94. The van der Waals surface area contributed by atoms with E-state index in [1.165, 1.54) is 31.7 Å². The molecule has 2 fully saturated rings. The summed E-state index contributed by atoms with van der Waals surface area (Å²) in [5.41, 5.74) is 1.29. The third-order valence-corrected chi connectivity index (χ3v) is 5.13. The van der Waals surface area contributed by atoms with Crippen molar-refractivity contribution in [2.75, 3.05) is 6.54 Å². The normalized spacial score (nSPS) is 27.6. The van der Waals surface area contributed by atoms with E-state index in [1.54, 1.807) is 6.07 Å². The molecule has 2 unspecified atom stereocenters. The summed E-state index contributed by atoms with van der Waals surface area (Å²) in [5.74, 6) is 0.187. The maximum absolute atomic E-state index is 13.9. The van der Waals surface area contributed by atoms with Gasteiger partial charge in [0.2, 0.25) is 0 Å². The van der Waals surface area contributed by atoms with E-state index in [0.29, 0.717) is 11.8 Å². The molecule has 1 spiro atoms. The minimum absolute atomic E-state index is 0.172. The Kier molecular flexibility index (Phi) is 3.72. The maximum atomic E-state index is 13.9. The molecule has 0 heterocycles. The van der Waals surface area contributed by atoms with E-state index >= 15 is 0 Å². The molecular formula is C17H24FNO. The van der Waals surface area contributed by atoms with Gasteiger partial charge in [0.15, 0.2) is 11.6 Å².